The predicted molar refractivity (Wildman–Crippen MR) is 150 cm³/mol. The number of carbonyl (C=O) groups excluding carboxylic acids is 1. The molecule has 0 radical (unpaired) electrons. The maximum Gasteiger partial charge on any atom is 0.340 e. The number of fused-ring (bicyclic) bond motifs is 2. The lowest BCUT2D eigenvalue weighted by atomic mass is 10.00. The molecule has 5 rings (SSSR count). The number of aromatic nitrogens is 2. The average molecular weight is 510 g/mol. The summed E-state index contributed by atoms with van der Waals surface area (Å²) in [5, 5.41) is 3.95. The largest absolute Gasteiger partial charge is 0.456 e. The van der Waals surface area contributed by atoms with E-state index in [9.17, 15) is 9.59 Å². The van der Waals surface area contributed by atoms with Gasteiger partial charge in [-0.2, -0.15) is 0 Å². The molecule has 0 aliphatic rings. The summed E-state index contributed by atoms with van der Waals surface area (Å²) in [6, 6.07) is 16.2. The van der Waals surface area contributed by atoms with Crippen LogP contribution in [0.4, 0.5) is 5.69 Å². The zero-order valence-corrected chi connectivity index (χ0v) is 22.5. The van der Waals surface area contributed by atoms with Crippen LogP contribution < -0.4 is 10.7 Å². The Morgan fingerprint density at radius 2 is 1.84 bits per heavy atom. The van der Waals surface area contributed by atoms with Crippen LogP contribution in [0, 0.1) is 13.8 Å². The highest BCUT2D eigenvalue weighted by Gasteiger charge is 2.22. The van der Waals surface area contributed by atoms with Crippen LogP contribution >= 0.6 is 0 Å². The van der Waals surface area contributed by atoms with Crippen LogP contribution in [0.3, 0.4) is 0 Å². The number of rotatable bonds is 5. The molecule has 0 spiro atoms. The monoisotopic (exact) mass is 509 g/mol. The van der Waals surface area contributed by atoms with Crippen LogP contribution in [0.2, 0.25) is 0 Å². The van der Waals surface area contributed by atoms with Crippen molar-refractivity contribution in [2.75, 3.05) is 5.32 Å². The first-order valence-electron chi connectivity index (χ1n) is 12.6. The van der Waals surface area contributed by atoms with Crippen molar-refractivity contribution in [2.45, 2.75) is 53.2 Å². The second-order valence-corrected chi connectivity index (χ2v) is 10.7. The van der Waals surface area contributed by atoms with E-state index in [1.54, 1.807) is 12.1 Å². The highest BCUT2D eigenvalue weighted by Crippen LogP contribution is 2.32. The molecule has 194 valence electrons. The summed E-state index contributed by atoms with van der Waals surface area (Å²) >= 11 is 0. The van der Waals surface area contributed by atoms with Crippen LogP contribution in [0.15, 0.2) is 76.2 Å². The summed E-state index contributed by atoms with van der Waals surface area (Å²) in [6.45, 7) is 11.4. The fourth-order valence-corrected chi connectivity index (χ4v) is 4.59. The fraction of sp³-hybridized carbons (Fsp3) is 0.258. The lowest BCUT2D eigenvalue weighted by Crippen LogP contribution is -2.24. The molecule has 1 atom stereocenters. The predicted octanol–water partition coefficient (Wildman–Crippen LogP) is 6.85. The molecule has 0 saturated heterocycles. The maximum atomic E-state index is 13.2. The van der Waals surface area contributed by atoms with Gasteiger partial charge in [0.1, 0.15) is 22.6 Å². The first-order valence-corrected chi connectivity index (χ1v) is 12.6. The molecule has 38 heavy (non-hydrogen) atoms. The normalized spacial score (nSPS) is 12.6. The SMILES string of the molecule is Cc1cc(C(C)Nc2ccccc2C(=O)OC(C)(C)C)c2oc(-c3ccn4cc(C)nc4c3)cc(=O)c2c1. The zero-order valence-electron chi connectivity index (χ0n) is 22.5. The van der Waals surface area contributed by atoms with Gasteiger partial charge < -0.3 is 18.9 Å². The van der Waals surface area contributed by atoms with Crippen LogP contribution in [-0.2, 0) is 4.74 Å². The quantitative estimate of drug-likeness (QED) is 0.261. The van der Waals surface area contributed by atoms with Gasteiger partial charge in [0.25, 0.3) is 0 Å². The van der Waals surface area contributed by atoms with Gasteiger partial charge in [-0.25, -0.2) is 9.78 Å². The Kier molecular flexibility index (Phi) is 6.31. The van der Waals surface area contributed by atoms with Crippen LogP contribution in [0.5, 0.6) is 0 Å². The highest BCUT2D eigenvalue weighted by molar-refractivity contribution is 5.96. The number of pyridine rings is 1. The van der Waals surface area contributed by atoms with E-state index >= 15 is 0 Å². The third-order valence-electron chi connectivity index (χ3n) is 6.25. The summed E-state index contributed by atoms with van der Waals surface area (Å²) in [5.74, 6) is 0.0671. The molecule has 0 aliphatic carbocycles. The Balaban J connectivity index is 1.57. The minimum Gasteiger partial charge on any atom is -0.456 e. The molecule has 1 unspecified atom stereocenters. The number of para-hydroxylation sites is 1. The third-order valence-corrected chi connectivity index (χ3v) is 6.25. The van der Waals surface area contributed by atoms with E-state index < -0.39 is 11.6 Å². The van der Waals surface area contributed by atoms with Crippen molar-refractivity contribution in [1.29, 1.82) is 0 Å². The lowest BCUT2D eigenvalue weighted by molar-refractivity contribution is 0.00706. The summed E-state index contributed by atoms with van der Waals surface area (Å²) < 4.78 is 13.9. The minimum absolute atomic E-state index is 0.119. The number of imidazole rings is 1. The number of nitrogens with zero attached hydrogens (tertiary/aromatic N) is 2. The van der Waals surface area contributed by atoms with Crippen molar-refractivity contribution in [1.82, 2.24) is 9.38 Å². The van der Waals surface area contributed by atoms with E-state index in [-0.39, 0.29) is 11.5 Å². The number of hydrogen-bond acceptors (Lipinski definition) is 6. The average Bonchev–Trinajstić information content (AvgIpc) is 3.22. The van der Waals surface area contributed by atoms with E-state index in [1.807, 2.05) is 94.7 Å². The maximum absolute atomic E-state index is 13.2. The van der Waals surface area contributed by atoms with Gasteiger partial charge in [-0.15, -0.1) is 0 Å². The molecule has 3 aromatic heterocycles. The molecule has 0 fully saturated rings. The lowest BCUT2D eigenvalue weighted by Gasteiger charge is -2.22. The molecule has 2 aromatic carbocycles. The Morgan fingerprint density at radius 1 is 1.08 bits per heavy atom. The number of carbonyl (C=O) groups is 1. The number of nitrogens with one attached hydrogen (secondary N) is 1. The van der Waals surface area contributed by atoms with Crippen molar-refractivity contribution in [3.05, 3.63) is 99.6 Å². The second kappa shape index (κ2) is 9.49. The van der Waals surface area contributed by atoms with Crippen molar-refractivity contribution in [2.24, 2.45) is 0 Å². The summed E-state index contributed by atoms with van der Waals surface area (Å²) in [7, 11) is 0. The van der Waals surface area contributed by atoms with Crippen LogP contribution in [-0.4, -0.2) is 21.0 Å². The molecular formula is C31H31N3O4. The number of aryl methyl sites for hydroxylation is 2. The van der Waals surface area contributed by atoms with Gasteiger partial charge in [-0.1, -0.05) is 18.2 Å². The highest BCUT2D eigenvalue weighted by atomic mass is 16.6. The van der Waals surface area contributed by atoms with Gasteiger partial charge in [0.15, 0.2) is 5.43 Å². The zero-order chi connectivity index (χ0) is 27.2. The van der Waals surface area contributed by atoms with Crippen molar-refractivity contribution < 1.29 is 13.9 Å². The van der Waals surface area contributed by atoms with Gasteiger partial charge in [0, 0.05) is 35.3 Å². The van der Waals surface area contributed by atoms with Crippen molar-refractivity contribution in [3.63, 3.8) is 0 Å². The molecule has 7 nitrogen and oxygen atoms in total. The molecule has 0 saturated carbocycles. The number of anilines is 1. The smallest absolute Gasteiger partial charge is 0.340 e. The first-order chi connectivity index (χ1) is 18.0. The Labute approximate surface area is 221 Å². The topological polar surface area (TPSA) is 85.8 Å². The van der Waals surface area contributed by atoms with Gasteiger partial charge in [-0.3, -0.25) is 4.79 Å². The Hall–Kier alpha value is -4.39. The van der Waals surface area contributed by atoms with Gasteiger partial charge in [0.2, 0.25) is 0 Å². The van der Waals surface area contributed by atoms with Crippen LogP contribution in [0.1, 0.15) is 60.9 Å². The van der Waals surface area contributed by atoms with Gasteiger partial charge in [-0.05, 0) is 77.4 Å². The van der Waals surface area contributed by atoms with Crippen molar-refractivity contribution in [3.8, 4) is 11.3 Å². The third kappa shape index (κ3) is 5.05. The van der Waals surface area contributed by atoms with E-state index in [0.717, 1.165) is 28.0 Å². The number of benzene rings is 2. The van der Waals surface area contributed by atoms with E-state index in [2.05, 4.69) is 10.3 Å². The second-order valence-electron chi connectivity index (χ2n) is 10.7. The standard InChI is InChI=1S/C31H31N3O4/c1-18-13-23(20(3)33-25-10-8-7-9-22(25)30(36)38-31(4,5)6)29-24(14-18)26(35)16-27(37-29)21-11-12-34-17-19(2)32-28(34)15-21/h7-17,20,33H,1-6H3. The summed E-state index contributed by atoms with van der Waals surface area (Å²) in [6.07, 6.45) is 3.85. The number of esters is 1. The van der Waals surface area contributed by atoms with Crippen LogP contribution in [0.25, 0.3) is 27.9 Å². The minimum atomic E-state index is -0.611. The molecule has 3 heterocycles. The molecular weight excluding hydrogens is 478 g/mol. The van der Waals surface area contributed by atoms with E-state index in [0.29, 0.717) is 28.0 Å². The molecule has 1 N–H and O–H groups in total. The Bertz CT molecular complexity index is 1740. The Morgan fingerprint density at radius 3 is 2.61 bits per heavy atom. The molecule has 0 bridgehead atoms. The first kappa shape index (κ1) is 25.3. The fourth-order valence-electron chi connectivity index (χ4n) is 4.59. The molecule has 0 aliphatic heterocycles. The number of hydrogen-bond donors (Lipinski definition) is 1. The van der Waals surface area contributed by atoms with E-state index in [4.69, 9.17) is 9.15 Å². The molecule has 5 aromatic rings. The summed E-state index contributed by atoms with van der Waals surface area (Å²) in [5.41, 5.74) is 5.07. The van der Waals surface area contributed by atoms with Gasteiger partial charge >= 0.3 is 5.97 Å². The van der Waals surface area contributed by atoms with E-state index in [1.165, 1.54) is 6.07 Å². The number of ether oxygens (including phenoxy) is 1. The summed E-state index contributed by atoms with van der Waals surface area (Å²) in [4.78, 5) is 30.6. The van der Waals surface area contributed by atoms with Gasteiger partial charge in [0.05, 0.1) is 22.7 Å². The molecule has 7 heteroatoms. The van der Waals surface area contributed by atoms with Crippen molar-refractivity contribution >= 4 is 28.3 Å². The molecule has 0 amide bonds.